The van der Waals surface area contributed by atoms with Crippen LogP contribution in [0.3, 0.4) is 0 Å². The van der Waals surface area contributed by atoms with Crippen LogP contribution in [0.25, 0.3) is 0 Å². The lowest BCUT2D eigenvalue weighted by atomic mass is 10.1. The SMILES string of the molecule is Cc1nc(OCc2ccc(/C(N)=N\O)cc2)cs1. The van der Waals surface area contributed by atoms with E-state index in [-0.39, 0.29) is 5.84 Å². The molecule has 94 valence electrons. The Bertz CT molecular complexity index is 549. The third kappa shape index (κ3) is 2.98. The number of aromatic nitrogens is 1. The van der Waals surface area contributed by atoms with Crippen LogP contribution >= 0.6 is 11.3 Å². The van der Waals surface area contributed by atoms with E-state index >= 15 is 0 Å². The van der Waals surface area contributed by atoms with E-state index in [1.54, 1.807) is 23.5 Å². The monoisotopic (exact) mass is 263 g/mol. The summed E-state index contributed by atoms with van der Waals surface area (Å²) in [6.45, 7) is 2.38. The fourth-order valence-electron chi connectivity index (χ4n) is 1.40. The molecule has 3 N–H and O–H groups in total. The first-order chi connectivity index (χ1) is 8.69. The second-order valence-electron chi connectivity index (χ2n) is 3.68. The standard InChI is InChI=1S/C12H13N3O2S/c1-8-14-11(7-18-8)17-6-9-2-4-10(5-3-9)12(13)15-16/h2-5,7,16H,6H2,1H3,(H2,13,15). The fraction of sp³-hybridized carbons (Fsp3) is 0.167. The lowest BCUT2D eigenvalue weighted by Gasteiger charge is -2.04. The van der Waals surface area contributed by atoms with Crippen molar-refractivity contribution in [2.45, 2.75) is 13.5 Å². The summed E-state index contributed by atoms with van der Waals surface area (Å²) in [5.74, 6) is 0.732. The van der Waals surface area contributed by atoms with Gasteiger partial charge in [0.2, 0.25) is 5.88 Å². The number of hydrogen-bond donors (Lipinski definition) is 2. The van der Waals surface area contributed by atoms with Crippen molar-refractivity contribution in [2.75, 3.05) is 0 Å². The Balaban J connectivity index is 1.98. The van der Waals surface area contributed by atoms with Gasteiger partial charge < -0.3 is 15.7 Å². The summed E-state index contributed by atoms with van der Waals surface area (Å²) in [6, 6.07) is 7.29. The summed E-state index contributed by atoms with van der Waals surface area (Å²) in [6.07, 6.45) is 0. The third-order valence-electron chi connectivity index (χ3n) is 2.34. The van der Waals surface area contributed by atoms with E-state index in [1.165, 1.54) is 0 Å². The molecule has 6 heteroatoms. The molecule has 0 aliphatic rings. The van der Waals surface area contributed by atoms with Crippen LogP contribution in [0.2, 0.25) is 0 Å². The molecule has 0 fully saturated rings. The largest absolute Gasteiger partial charge is 0.472 e. The highest BCUT2D eigenvalue weighted by Gasteiger charge is 2.02. The Hall–Kier alpha value is -2.08. The van der Waals surface area contributed by atoms with Gasteiger partial charge in [0, 0.05) is 5.56 Å². The molecule has 0 spiro atoms. The summed E-state index contributed by atoms with van der Waals surface area (Å²) in [5.41, 5.74) is 7.14. The lowest BCUT2D eigenvalue weighted by Crippen LogP contribution is -2.12. The van der Waals surface area contributed by atoms with Crippen LogP contribution in [0.5, 0.6) is 5.88 Å². The third-order valence-corrected chi connectivity index (χ3v) is 3.09. The Labute approximate surface area is 109 Å². The van der Waals surface area contributed by atoms with Crippen LogP contribution in [-0.4, -0.2) is 16.0 Å². The molecule has 0 atom stereocenters. The average molecular weight is 263 g/mol. The highest BCUT2D eigenvalue weighted by Crippen LogP contribution is 2.16. The van der Waals surface area contributed by atoms with Gasteiger partial charge in [-0.15, -0.1) is 11.3 Å². The van der Waals surface area contributed by atoms with Gasteiger partial charge in [-0.2, -0.15) is 0 Å². The molecule has 2 aromatic rings. The molecular formula is C12H13N3O2S. The molecular weight excluding hydrogens is 250 g/mol. The number of rotatable bonds is 4. The quantitative estimate of drug-likeness (QED) is 0.383. The number of nitrogens with two attached hydrogens (primary N) is 1. The summed E-state index contributed by atoms with van der Waals surface area (Å²) >= 11 is 1.55. The Kier molecular flexibility index (Phi) is 3.78. The van der Waals surface area contributed by atoms with Crippen molar-refractivity contribution in [3.05, 3.63) is 45.8 Å². The van der Waals surface area contributed by atoms with Crippen molar-refractivity contribution in [1.82, 2.24) is 4.98 Å². The van der Waals surface area contributed by atoms with Gasteiger partial charge in [-0.1, -0.05) is 29.4 Å². The maximum absolute atomic E-state index is 8.54. The Morgan fingerprint density at radius 2 is 2.17 bits per heavy atom. The zero-order chi connectivity index (χ0) is 13.0. The minimum atomic E-state index is 0.0950. The smallest absolute Gasteiger partial charge is 0.224 e. The molecule has 0 radical (unpaired) electrons. The van der Waals surface area contributed by atoms with Crippen molar-refractivity contribution in [3.63, 3.8) is 0 Å². The van der Waals surface area contributed by atoms with Gasteiger partial charge in [-0.05, 0) is 12.5 Å². The van der Waals surface area contributed by atoms with Crippen molar-refractivity contribution in [1.29, 1.82) is 0 Å². The van der Waals surface area contributed by atoms with Crippen LogP contribution in [0.15, 0.2) is 34.8 Å². The van der Waals surface area contributed by atoms with Crippen LogP contribution < -0.4 is 10.5 Å². The van der Waals surface area contributed by atoms with Crippen molar-refractivity contribution < 1.29 is 9.94 Å². The summed E-state index contributed by atoms with van der Waals surface area (Å²) in [7, 11) is 0. The van der Waals surface area contributed by atoms with Gasteiger partial charge >= 0.3 is 0 Å². The van der Waals surface area contributed by atoms with E-state index in [1.807, 2.05) is 24.4 Å². The van der Waals surface area contributed by atoms with E-state index < -0.39 is 0 Å². The van der Waals surface area contributed by atoms with Crippen molar-refractivity contribution >= 4 is 17.2 Å². The number of hydrogen-bond acceptors (Lipinski definition) is 5. The van der Waals surface area contributed by atoms with Gasteiger partial charge in [-0.3, -0.25) is 0 Å². The highest BCUT2D eigenvalue weighted by molar-refractivity contribution is 7.09. The molecule has 0 saturated heterocycles. The lowest BCUT2D eigenvalue weighted by molar-refractivity contribution is 0.295. The molecule has 0 bridgehead atoms. The fourth-order valence-corrected chi connectivity index (χ4v) is 1.93. The van der Waals surface area contributed by atoms with E-state index in [0.29, 0.717) is 18.1 Å². The molecule has 5 nitrogen and oxygen atoms in total. The average Bonchev–Trinajstić information content (AvgIpc) is 2.82. The minimum absolute atomic E-state index is 0.0950. The summed E-state index contributed by atoms with van der Waals surface area (Å²) in [5, 5.41) is 14.3. The molecule has 0 aliphatic heterocycles. The number of oxime groups is 1. The second kappa shape index (κ2) is 5.50. The number of thiazole rings is 1. The van der Waals surface area contributed by atoms with Crippen LogP contribution in [0.4, 0.5) is 0 Å². The number of ether oxygens (including phenoxy) is 1. The van der Waals surface area contributed by atoms with E-state index in [9.17, 15) is 0 Å². The second-order valence-corrected chi connectivity index (χ2v) is 4.74. The molecule has 0 unspecified atom stereocenters. The summed E-state index contributed by atoms with van der Waals surface area (Å²) in [4.78, 5) is 4.21. The van der Waals surface area contributed by atoms with E-state index in [4.69, 9.17) is 15.7 Å². The van der Waals surface area contributed by atoms with Gasteiger partial charge in [0.1, 0.15) is 6.61 Å². The normalized spacial score (nSPS) is 11.5. The Morgan fingerprint density at radius 3 is 2.72 bits per heavy atom. The van der Waals surface area contributed by atoms with Gasteiger partial charge in [0.25, 0.3) is 0 Å². The van der Waals surface area contributed by atoms with Gasteiger partial charge in [0.05, 0.1) is 10.4 Å². The first kappa shape index (κ1) is 12.4. The first-order valence-electron chi connectivity index (χ1n) is 5.31. The zero-order valence-electron chi connectivity index (χ0n) is 9.83. The van der Waals surface area contributed by atoms with Crippen molar-refractivity contribution in [2.24, 2.45) is 10.9 Å². The predicted molar refractivity (Wildman–Crippen MR) is 70.1 cm³/mol. The number of aryl methyl sites for hydroxylation is 1. The van der Waals surface area contributed by atoms with E-state index in [2.05, 4.69) is 10.1 Å². The number of amidine groups is 1. The molecule has 1 aromatic carbocycles. The number of nitrogens with zero attached hydrogens (tertiary/aromatic N) is 2. The van der Waals surface area contributed by atoms with Crippen molar-refractivity contribution in [3.8, 4) is 5.88 Å². The molecule has 18 heavy (non-hydrogen) atoms. The molecule has 1 heterocycles. The topological polar surface area (TPSA) is 80.7 Å². The maximum atomic E-state index is 8.54. The summed E-state index contributed by atoms with van der Waals surface area (Å²) < 4.78 is 5.53. The van der Waals surface area contributed by atoms with Crippen LogP contribution in [-0.2, 0) is 6.61 Å². The molecule has 1 aromatic heterocycles. The highest BCUT2D eigenvalue weighted by atomic mass is 32.1. The van der Waals surface area contributed by atoms with Gasteiger partial charge in [0.15, 0.2) is 5.84 Å². The Morgan fingerprint density at radius 1 is 1.44 bits per heavy atom. The molecule has 2 rings (SSSR count). The molecule has 0 aliphatic carbocycles. The number of benzene rings is 1. The molecule has 0 saturated carbocycles. The minimum Gasteiger partial charge on any atom is -0.472 e. The molecule has 0 amide bonds. The van der Waals surface area contributed by atoms with E-state index in [0.717, 1.165) is 10.6 Å². The van der Waals surface area contributed by atoms with Crippen LogP contribution in [0, 0.1) is 6.92 Å². The van der Waals surface area contributed by atoms with Gasteiger partial charge in [-0.25, -0.2) is 4.98 Å². The maximum Gasteiger partial charge on any atom is 0.224 e. The predicted octanol–water partition coefficient (Wildman–Crippen LogP) is 2.13. The van der Waals surface area contributed by atoms with Crippen LogP contribution in [0.1, 0.15) is 16.1 Å². The zero-order valence-corrected chi connectivity index (χ0v) is 10.6. The first-order valence-corrected chi connectivity index (χ1v) is 6.19.